The summed E-state index contributed by atoms with van der Waals surface area (Å²) in [4.78, 5) is 14.5. The van der Waals surface area contributed by atoms with Crippen molar-refractivity contribution in [1.29, 1.82) is 0 Å². The smallest absolute Gasteiger partial charge is 0.416 e. The molecule has 0 saturated carbocycles. The molecule has 5 nitrogen and oxygen atoms in total. The van der Waals surface area contributed by atoms with Crippen molar-refractivity contribution < 1.29 is 27.8 Å². The molecule has 24 heavy (non-hydrogen) atoms. The van der Waals surface area contributed by atoms with Gasteiger partial charge in [0.25, 0.3) is 0 Å². The lowest BCUT2D eigenvalue weighted by Crippen LogP contribution is -2.36. The number of aliphatic hydroxyl groups is 1. The molecular formula is C16H17F3N2O3. The molecule has 2 rings (SSSR count). The molecule has 1 amide bonds. The van der Waals surface area contributed by atoms with Gasteiger partial charge in [0.2, 0.25) is 5.91 Å². The number of aliphatic hydroxyl groups excluding tert-OH is 1. The summed E-state index contributed by atoms with van der Waals surface area (Å²) in [5, 5.41) is 12.3. The van der Waals surface area contributed by atoms with Gasteiger partial charge in [-0.2, -0.15) is 13.2 Å². The first-order valence-electron chi connectivity index (χ1n) is 7.21. The lowest BCUT2D eigenvalue weighted by molar-refractivity contribution is -0.137. The first-order valence-corrected chi connectivity index (χ1v) is 7.21. The summed E-state index contributed by atoms with van der Waals surface area (Å²) in [7, 11) is 0. The van der Waals surface area contributed by atoms with Crippen molar-refractivity contribution in [3.8, 4) is 5.75 Å². The lowest BCUT2D eigenvalue weighted by atomic mass is 10.2. The van der Waals surface area contributed by atoms with Crippen molar-refractivity contribution in [2.45, 2.75) is 18.7 Å². The first kappa shape index (κ1) is 17.9. The van der Waals surface area contributed by atoms with Gasteiger partial charge in [-0.05, 0) is 36.4 Å². The van der Waals surface area contributed by atoms with E-state index in [1.54, 1.807) is 18.3 Å². The molecule has 0 fully saturated rings. The SMILES string of the molecule is O=C(Cc1ccc[nH]1)NCC(O)COc1ccc(C(F)(F)F)cc1. The van der Waals surface area contributed by atoms with Crippen molar-refractivity contribution in [3.63, 3.8) is 0 Å². The number of nitrogens with one attached hydrogen (secondary N) is 2. The van der Waals surface area contributed by atoms with Crippen LogP contribution >= 0.6 is 0 Å². The summed E-state index contributed by atoms with van der Waals surface area (Å²) in [6.07, 6.45) is -3.50. The minimum atomic E-state index is -4.40. The second-order valence-electron chi connectivity index (χ2n) is 5.16. The number of hydrogen-bond acceptors (Lipinski definition) is 3. The van der Waals surface area contributed by atoms with Crippen molar-refractivity contribution in [1.82, 2.24) is 10.3 Å². The number of amides is 1. The second kappa shape index (κ2) is 7.87. The number of alkyl halides is 3. The normalized spacial score (nSPS) is 12.7. The van der Waals surface area contributed by atoms with Crippen LogP contribution in [0.1, 0.15) is 11.3 Å². The second-order valence-corrected chi connectivity index (χ2v) is 5.16. The van der Waals surface area contributed by atoms with Crippen LogP contribution in [0.3, 0.4) is 0 Å². The zero-order valence-corrected chi connectivity index (χ0v) is 12.6. The van der Waals surface area contributed by atoms with Crippen LogP contribution in [0.4, 0.5) is 13.2 Å². The number of ether oxygens (including phenoxy) is 1. The number of carbonyl (C=O) groups excluding carboxylic acids is 1. The zero-order valence-electron chi connectivity index (χ0n) is 12.6. The molecule has 1 aromatic heterocycles. The van der Waals surface area contributed by atoms with E-state index in [0.29, 0.717) is 0 Å². The predicted molar refractivity (Wildman–Crippen MR) is 80.5 cm³/mol. The number of H-pyrrole nitrogens is 1. The molecule has 0 spiro atoms. The van der Waals surface area contributed by atoms with Gasteiger partial charge in [-0.15, -0.1) is 0 Å². The Hall–Kier alpha value is -2.48. The molecule has 1 aromatic carbocycles. The molecule has 0 saturated heterocycles. The number of rotatable bonds is 7. The van der Waals surface area contributed by atoms with Crippen molar-refractivity contribution >= 4 is 5.91 Å². The van der Waals surface area contributed by atoms with E-state index in [1.807, 2.05) is 0 Å². The van der Waals surface area contributed by atoms with E-state index in [2.05, 4.69) is 10.3 Å². The van der Waals surface area contributed by atoms with Crippen LogP contribution < -0.4 is 10.1 Å². The van der Waals surface area contributed by atoms with Gasteiger partial charge in [0.1, 0.15) is 18.5 Å². The zero-order chi connectivity index (χ0) is 17.6. The minimum absolute atomic E-state index is 0.0137. The fraction of sp³-hybridized carbons (Fsp3) is 0.312. The highest BCUT2D eigenvalue weighted by Crippen LogP contribution is 2.30. The van der Waals surface area contributed by atoms with E-state index in [4.69, 9.17) is 4.74 Å². The largest absolute Gasteiger partial charge is 0.491 e. The topological polar surface area (TPSA) is 74.4 Å². The average Bonchev–Trinajstić information content (AvgIpc) is 3.03. The van der Waals surface area contributed by atoms with Gasteiger partial charge >= 0.3 is 6.18 Å². The molecule has 8 heteroatoms. The Bertz CT molecular complexity index is 640. The van der Waals surface area contributed by atoms with E-state index in [9.17, 15) is 23.1 Å². The Morgan fingerprint density at radius 2 is 1.96 bits per heavy atom. The highest BCUT2D eigenvalue weighted by Gasteiger charge is 2.30. The van der Waals surface area contributed by atoms with Crippen LogP contribution in [0.2, 0.25) is 0 Å². The van der Waals surface area contributed by atoms with Crippen molar-refractivity contribution in [2.24, 2.45) is 0 Å². The molecule has 130 valence electrons. The Morgan fingerprint density at radius 1 is 1.25 bits per heavy atom. The van der Waals surface area contributed by atoms with Crippen molar-refractivity contribution in [3.05, 3.63) is 53.9 Å². The molecule has 1 atom stereocenters. The summed E-state index contributed by atoms with van der Waals surface area (Å²) < 4.78 is 42.5. The van der Waals surface area contributed by atoms with Crippen molar-refractivity contribution in [2.75, 3.05) is 13.2 Å². The highest BCUT2D eigenvalue weighted by atomic mass is 19.4. The quantitative estimate of drug-likeness (QED) is 0.722. The monoisotopic (exact) mass is 342 g/mol. The maximum atomic E-state index is 12.4. The standard InChI is InChI=1S/C16H17F3N2O3/c17-16(18,19)11-3-5-14(6-4-11)24-10-13(22)9-21-15(23)8-12-2-1-7-20-12/h1-7,13,20,22H,8-10H2,(H,21,23). The summed E-state index contributed by atoms with van der Waals surface area (Å²) in [5.74, 6) is -0.0502. The third kappa shape index (κ3) is 5.62. The maximum Gasteiger partial charge on any atom is 0.416 e. The van der Waals surface area contributed by atoms with Gasteiger partial charge in [-0.3, -0.25) is 4.79 Å². The fourth-order valence-electron chi connectivity index (χ4n) is 1.94. The van der Waals surface area contributed by atoms with Gasteiger partial charge in [0.15, 0.2) is 0 Å². The van der Waals surface area contributed by atoms with Crippen LogP contribution in [-0.2, 0) is 17.4 Å². The van der Waals surface area contributed by atoms with Crippen LogP contribution in [0.15, 0.2) is 42.6 Å². The van der Waals surface area contributed by atoms with Gasteiger partial charge in [0.05, 0.1) is 12.0 Å². The fourth-order valence-corrected chi connectivity index (χ4v) is 1.94. The number of carbonyl (C=O) groups is 1. The van der Waals surface area contributed by atoms with Gasteiger partial charge in [-0.1, -0.05) is 0 Å². The molecule has 1 unspecified atom stereocenters. The van der Waals surface area contributed by atoms with Gasteiger partial charge in [0, 0.05) is 18.4 Å². The molecule has 0 radical (unpaired) electrons. The van der Waals surface area contributed by atoms with Gasteiger partial charge < -0.3 is 20.1 Å². The third-order valence-electron chi connectivity index (χ3n) is 3.17. The summed E-state index contributed by atoms with van der Waals surface area (Å²) >= 11 is 0. The van der Waals surface area contributed by atoms with E-state index in [-0.39, 0.29) is 31.2 Å². The first-order chi connectivity index (χ1) is 11.3. The number of aromatic nitrogens is 1. The minimum Gasteiger partial charge on any atom is -0.491 e. The number of halogens is 3. The van der Waals surface area contributed by atoms with Crippen LogP contribution in [-0.4, -0.2) is 35.3 Å². The Balaban J connectivity index is 1.71. The Morgan fingerprint density at radius 3 is 2.54 bits per heavy atom. The summed E-state index contributed by atoms with van der Waals surface area (Å²) in [5.41, 5.74) is -0.0185. The van der Waals surface area contributed by atoms with Crippen LogP contribution in [0, 0.1) is 0 Å². The van der Waals surface area contributed by atoms with E-state index in [1.165, 1.54) is 12.1 Å². The van der Waals surface area contributed by atoms with Crippen LogP contribution in [0.5, 0.6) is 5.75 Å². The molecule has 3 N–H and O–H groups in total. The lowest BCUT2D eigenvalue weighted by Gasteiger charge is -2.14. The molecule has 0 aliphatic heterocycles. The molecular weight excluding hydrogens is 325 g/mol. The average molecular weight is 342 g/mol. The third-order valence-corrected chi connectivity index (χ3v) is 3.17. The van der Waals surface area contributed by atoms with E-state index in [0.717, 1.165) is 17.8 Å². The summed E-state index contributed by atoms with van der Waals surface area (Å²) in [6, 6.07) is 7.71. The van der Waals surface area contributed by atoms with Crippen LogP contribution in [0.25, 0.3) is 0 Å². The van der Waals surface area contributed by atoms with Gasteiger partial charge in [-0.25, -0.2) is 0 Å². The predicted octanol–water partition coefficient (Wildman–Crippen LogP) is 2.13. The maximum absolute atomic E-state index is 12.4. The molecule has 0 aliphatic carbocycles. The number of aromatic amines is 1. The Labute approximate surface area is 136 Å². The van der Waals surface area contributed by atoms with E-state index >= 15 is 0 Å². The van der Waals surface area contributed by atoms with E-state index < -0.39 is 17.8 Å². The Kier molecular flexibility index (Phi) is 5.86. The molecule has 0 aliphatic rings. The summed E-state index contributed by atoms with van der Waals surface area (Å²) in [6.45, 7) is -0.158. The molecule has 0 bridgehead atoms. The molecule has 1 heterocycles. The number of hydrogen-bond donors (Lipinski definition) is 3. The highest BCUT2D eigenvalue weighted by molar-refractivity contribution is 5.78. The number of benzene rings is 1. The molecule has 2 aromatic rings.